The van der Waals surface area contributed by atoms with Crippen molar-refractivity contribution in [3.05, 3.63) is 72.1 Å². The molecular formula is C21H19N5O. The molecule has 2 heterocycles. The highest BCUT2D eigenvalue weighted by Gasteiger charge is 2.06. The second kappa shape index (κ2) is 7.37. The molecule has 2 aromatic carbocycles. The molecule has 6 nitrogen and oxygen atoms in total. The van der Waals surface area contributed by atoms with Crippen molar-refractivity contribution in [3.63, 3.8) is 0 Å². The maximum atomic E-state index is 12.1. The Morgan fingerprint density at radius 2 is 2.11 bits per heavy atom. The lowest BCUT2D eigenvalue weighted by atomic mass is 10.1. The number of nitrogens with one attached hydrogen (secondary N) is 1. The predicted molar refractivity (Wildman–Crippen MR) is 107 cm³/mol. The number of hydrazone groups is 1. The fourth-order valence-electron chi connectivity index (χ4n) is 3.16. The fraction of sp³-hybridized carbons (Fsp3) is 0.143. The molecule has 0 aliphatic rings. The zero-order chi connectivity index (χ0) is 18.6. The Morgan fingerprint density at radius 3 is 3.04 bits per heavy atom. The van der Waals surface area contributed by atoms with E-state index in [4.69, 9.17) is 0 Å². The van der Waals surface area contributed by atoms with Crippen LogP contribution in [-0.2, 0) is 11.3 Å². The topological polar surface area (TPSA) is 72.2 Å². The van der Waals surface area contributed by atoms with Crippen LogP contribution >= 0.6 is 0 Å². The molecule has 1 N–H and O–H groups in total. The van der Waals surface area contributed by atoms with Crippen molar-refractivity contribution >= 4 is 33.9 Å². The molecule has 0 fully saturated rings. The van der Waals surface area contributed by atoms with Crippen LogP contribution in [-0.4, -0.2) is 26.9 Å². The van der Waals surface area contributed by atoms with Gasteiger partial charge in [-0.2, -0.15) is 15.3 Å². The van der Waals surface area contributed by atoms with Crippen molar-refractivity contribution in [2.24, 2.45) is 5.10 Å². The van der Waals surface area contributed by atoms with Crippen LogP contribution in [0.4, 0.5) is 0 Å². The van der Waals surface area contributed by atoms with Gasteiger partial charge in [0.1, 0.15) is 0 Å². The summed E-state index contributed by atoms with van der Waals surface area (Å²) in [5.74, 6) is -0.117. The molecule has 4 rings (SSSR count). The zero-order valence-electron chi connectivity index (χ0n) is 15.0. The van der Waals surface area contributed by atoms with E-state index in [9.17, 15) is 4.79 Å². The molecule has 2 aromatic heterocycles. The van der Waals surface area contributed by atoms with E-state index in [0.717, 1.165) is 22.0 Å². The van der Waals surface area contributed by atoms with Crippen molar-refractivity contribution in [2.75, 3.05) is 0 Å². The lowest BCUT2D eigenvalue weighted by molar-refractivity contribution is -0.121. The Hall–Kier alpha value is -3.54. The molecule has 4 aromatic rings. The van der Waals surface area contributed by atoms with Crippen LogP contribution in [0, 0.1) is 6.92 Å². The van der Waals surface area contributed by atoms with Crippen molar-refractivity contribution in [1.29, 1.82) is 0 Å². The molecule has 6 heteroatoms. The lowest BCUT2D eigenvalue weighted by Gasteiger charge is -2.04. The Balaban J connectivity index is 1.36. The van der Waals surface area contributed by atoms with Crippen LogP contribution in [0.3, 0.4) is 0 Å². The summed E-state index contributed by atoms with van der Waals surface area (Å²) < 4.78 is 2.11. The molecule has 0 unspecified atom stereocenters. The first-order valence-corrected chi connectivity index (χ1v) is 8.78. The summed E-state index contributed by atoms with van der Waals surface area (Å²) in [7, 11) is 0. The fourth-order valence-corrected chi connectivity index (χ4v) is 3.16. The number of amides is 1. The Labute approximate surface area is 156 Å². The van der Waals surface area contributed by atoms with Crippen LogP contribution in [0.15, 0.2) is 66.0 Å². The highest BCUT2D eigenvalue weighted by molar-refractivity contribution is 5.89. The van der Waals surface area contributed by atoms with Gasteiger partial charge in [-0.25, -0.2) is 5.43 Å². The number of hydrogen-bond donors (Lipinski definition) is 1. The van der Waals surface area contributed by atoms with E-state index in [-0.39, 0.29) is 5.91 Å². The van der Waals surface area contributed by atoms with E-state index in [2.05, 4.69) is 50.5 Å². The number of hydrogen-bond acceptors (Lipinski definition) is 4. The highest BCUT2D eigenvalue weighted by atomic mass is 16.2. The average Bonchev–Trinajstić information content (AvgIpc) is 3.02. The molecule has 1 amide bonds. The lowest BCUT2D eigenvalue weighted by Crippen LogP contribution is -2.19. The molecule has 0 bridgehead atoms. The van der Waals surface area contributed by atoms with Gasteiger partial charge in [0, 0.05) is 35.5 Å². The summed E-state index contributed by atoms with van der Waals surface area (Å²) in [4.78, 5) is 12.1. The van der Waals surface area contributed by atoms with Gasteiger partial charge >= 0.3 is 0 Å². The Morgan fingerprint density at radius 1 is 1.22 bits per heavy atom. The van der Waals surface area contributed by atoms with Gasteiger partial charge in [-0.1, -0.05) is 24.3 Å². The van der Waals surface area contributed by atoms with Gasteiger partial charge in [0.05, 0.1) is 17.9 Å². The van der Waals surface area contributed by atoms with Gasteiger partial charge in [-0.05, 0) is 42.3 Å². The SMILES string of the molecule is Cc1cn(CCC(=O)N/N=C\c2ccc3nnccc3c2)c2ccccc12. The number of rotatable bonds is 5. The molecule has 0 radical (unpaired) electrons. The van der Waals surface area contributed by atoms with Crippen molar-refractivity contribution in [3.8, 4) is 0 Å². The van der Waals surface area contributed by atoms with E-state index in [1.807, 2.05) is 36.4 Å². The number of benzene rings is 2. The first-order valence-electron chi connectivity index (χ1n) is 8.78. The number of aromatic nitrogens is 3. The van der Waals surface area contributed by atoms with E-state index >= 15 is 0 Å². The Bertz CT molecular complexity index is 1150. The highest BCUT2D eigenvalue weighted by Crippen LogP contribution is 2.20. The monoisotopic (exact) mass is 357 g/mol. The number of para-hydroxylation sites is 1. The normalized spacial score (nSPS) is 11.4. The largest absolute Gasteiger partial charge is 0.347 e. The summed E-state index contributed by atoms with van der Waals surface area (Å²) >= 11 is 0. The Kier molecular flexibility index (Phi) is 4.61. The molecule has 134 valence electrons. The number of aryl methyl sites for hydroxylation is 2. The molecule has 0 aliphatic heterocycles. The van der Waals surface area contributed by atoms with E-state index < -0.39 is 0 Å². The van der Waals surface area contributed by atoms with Crippen LogP contribution < -0.4 is 5.43 Å². The number of carbonyl (C=O) groups is 1. The second-order valence-corrected chi connectivity index (χ2v) is 6.42. The summed E-state index contributed by atoms with van der Waals surface area (Å²) in [5, 5.41) is 14.2. The molecule has 0 atom stereocenters. The van der Waals surface area contributed by atoms with Gasteiger partial charge in [-0.3, -0.25) is 4.79 Å². The van der Waals surface area contributed by atoms with Crippen molar-refractivity contribution < 1.29 is 4.79 Å². The molecule has 0 saturated heterocycles. The van der Waals surface area contributed by atoms with Gasteiger partial charge < -0.3 is 4.57 Å². The first kappa shape index (κ1) is 16.9. The number of carbonyl (C=O) groups excluding carboxylic acids is 1. The standard InChI is InChI=1S/C21H19N5O/c1-15-14-26(20-5-3-2-4-18(15)20)11-9-21(27)25-23-13-16-6-7-19-17(12-16)8-10-22-24-19/h2-8,10,12-14H,9,11H2,1H3,(H,25,27)/b23-13-. The van der Waals surface area contributed by atoms with Crippen LogP contribution in [0.25, 0.3) is 21.8 Å². The summed E-state index contributed by atoms with van der Waals surface area (Å²) in [5.41, 5.74) is 6.67. The summed E-state index contributed by atoms with van der Waals surface area (Å²) in [6.07, 6.45) is 5.73. The number of fused-ring (bicyclic) bond motifs is 2. The minimum atomic E-state index is -0.117. The van der Waals surface area contributed by atoms with Crippen LogP contribution in [0.1, 0.15) is 17.5 Å². The molecule has 27 heavy (non-hydrogen) atoms. The maximum Gasteiger partial charge on any atom is 0.241 e. The third-order valence-corrected chi connectivity index (χ3v) is 4.51. The molecule has 0 saturated carbocycles. The smallest absolute Gasteiger partial charge is 0.241 e. The van der Waals surface area contributed by atoms with Gasteiger partial charge in [0.25, 0.3) is 0 Å². The molecular weight excluding hydrogens is 338 g/mol. The summed E-state index contributed by atoms with van der Waals surface area (Å²) in [6, 6.07) is 15.8. The van der Waals surface area contributed by atoms with Crippen LogP contribution in [0.2, 0.25) is 0 Å². The predicted octanol–water partition coefficient (Wildman–Crippen LogP) is 3.43. The van der Waals surface area contributed by atoms with Crippen molar-refractivity contribution in [1.82, 2.24) is 20.2 Å². The van der Waals surface area contributed by atoms with E-state index in [0.29, 0.717) is 13.0 Å². The molecule has 0 spiro atoms. The van der Waals surface area contributed by atoms with Crippen LogP contribution in [0.5, 0.6) is 0 Å². The minimum absolute atomic E-state index is 0.117. The molecule has 0 aliphatic carbocycles. The third kappa shape index (κ3) is 3.69. The second-order valence-electron chi connectivity index (χ2n) is 6.42. The van der Waals surface area contributed by atoms with Gasteiger partial charge in [-0.15, -0.1) is 0 Å². The summed E-state index contributed by atoms with van der Waals surface area (Å²) in [6.45, 7) is 2.70. The number of nitrogens with zero attached hydrogens (tertiary/aromatic N) is 4. The van der Waals surface area contributed by atoms with Gasteiger partial charge in [0.2, 0.25) is 5.91 Å². The zero-order valence-corrected chi connectivity index (χ0v) is 15.0. The minimum Gasteiger partial charge on any atom is -0.347 e. The average molecular weight is 357 g/mol. The first-order chi connectivity index (χ1) is 13.2. The van der Waals surface area contributed by atoms with E-state index in [1.165, 1.54) is 10.9 Å². The van der Waals surface area contributed by atoms with E-state index in [1.54, 1.807) is 12.4 Å². The maximum absolute atomic E-state index is 12.1. The third-order valence-electron chi connectivity index (χ3n) is 4.51. The van der Waals surface area contributed by atoms with Gasteiger partial charge in [0.15, 0.2) is 0 Å². The quantitative estimate of drug-likeness (QED) is 0.439. The van der Waals surface area contributed by atoms with Crippen molar-refractivity contribution in [2.45, 2.75) is 19.9 Å².